The Hall–Kier alpha value is -3.73. The Balaban J connectivity index is 1.90. The fourth-order valence-electron chi connectivity index (χ4n) is 3.06. The van der Waals surface area contributed by atoms with Crippen LogP contribution in [0, 0.1) is 5.82 Å². The zero-order chi connectivity index (χ0) is 21.3. The van der Waals surface area contributed by atoms with Gasteiger partial charge in [0, 0.05) is 17.8 Å². The van der Waals surface area contributed by atoms with Gasteiger partial charge < -0.3 is 10.2 Å². The van der Waals surface area contributed by atoms with Crippen LogP contribution in [0.25, 0.3) is 0 Å². The molecule has 0 fully saturated rings. The lowest BCUT2D eigenvalue weighted by atomic mass is 10.1. The van der Waals surface area contributed by atoms with Gasteiger partial charge in [-0.2, -0.15) is 0 Å². The van der Waals surface area contributed by atoms with E-state index in [1.54, 1.807) is 35.2 Å². The smallest absolute Gasteiger partial charge is 0.258 e. The normalized spacial score (nSPS) is 10.3. The van der Waals surface area contributed by atoms with Gasteiger partial charge in [0.1, 0.15) is 5.82 Å². The SMILES string of the molecule is C=CCNC(=O)Cc1cccc(N(Cc2ccc(F)cc2)C(=O)c2ccccc2)c1. The topological polar surface area (TPSA) is 49.4 Å². The lowest BCUT2D eigenvalue weighted by Gasteiger charge is -2.24. The maximum Gasteiger partial charge on any atom is 0.258 e. The summed E-state index contributed by atoms with van der Waals surface area (Å²) in [5.74, 6) is -0.619. The van der Waals surface area contributed by atoms with E-state index in [0.29, 0.717) is 17.8 Å². The monoisotopic (exact) mass is 402 g/mol. The molecule has 30 heavy (non-hydrogen) atoms. The van der Waals surface area contributed by atoms with Crippen molar-refractivity contribution in [1.29, 1.82) is 0 Å². The molecule has 0 saturated heterocycles. The molecule has 5 heteroatoms. The minimum atomic E-state index is -0.327. The first-order valence-corrected chi connectivity index (χ1v) is 9.64. The molecule has 0 aliphatic heterocycles. The lowest BCUT2D eigenvalue weighted by Crippen LogP contribution is -2.30. The van der Waals surface area contributed by atoms with Gasteiger partial charge in [-0.3, -0.25) is 9.59 Å². The molecule has 0 saturated carbocycles. The molecule has 2 amide bonds. The van der Waals surface area contributed by atoms with Crippen LogP contribution < -0.4 is 10.2 Å². The summed E-state index contributed by atoms with van der Waals surface area (Å²) >= 11 is 0. The van der Waals surface area contributed by atoms with Gasteiger partial charge in [-0.05, 0) is 47.5 Å². The fraction of sp³-hybridized carbons (Fsp3) is 0.120. The van der Waals surface area contributed by atoms with Gasteiger partial charge in [0.25, 0.3) is 5.91 Å². The van der Waals surface area contributed by atoms with E-state index in [1.807, 2.05) is 42.5 Å². The number of carbonyl (C=O) groups excluding carboxylic acids is 2. The highest BCUT2D eigenvalue weighted by Crippen LogP contribution is 2.22. The van der Waals surface area contributed by atoms with Crippen molar-refractivity contribution in [1.82, 2.24) is 5.32 Å². The molecule has 0 radical (unpaired) electrons. The van der Waals surface area contributed by atoms with E-state index in [2.05, 4.69) is 11.9 Å². The van der Waals surface area contributed by atoms with Crippen molar-refractivity contribution in [3.05, 3.63) is 114 Å². The number of hydrogen-bond donors (Lipinski definition) is 1. The summed E-state index contributed by atoms with van der Waals surface area (Å²) in [6.45, 7) is 4.27. The maximum absolute atomic E-state index is 13.3. The highest BCUT2D eigenvalue weighted by atomic mass is 19.1. The molecule has 0 spiro atoms. The first-order chi connectivity index (χ1) is 14.6. The third-order valence-corrected chi connectivity index (χ3v) is 4.55. The molecular weight excluding hydrogens is 379 g/mol. The van der Waals surface area contributed by atoms with E-state index in [9.17, 15) is 14.0 Å². The summed E-state index contributed by atoms with van der Waals surface area (Å²) in [6, 6.07) is 22.4. The van der Waals surface area contributed by atoms with Crippen LogP contribution in [0.3, 0.4) is 0 Å². The highest BCUT2D eigenvalue weighted by Gasteiger charge is 2.19. The molecule has 0 aliphatic carbocycles. The largest absolute Gasteiger partial charge is 0.352 e. The Morgan fingerprint density at radius 2 is 1.67 bits per heavy atom. The summed E-state index contributed by atoms with van der Waals surface area (Å²) in [7, 11) is 0. The molecule has 152 valence electrons. The summed E-state index contributed by atoms with van der Waals surface area (Å²) in [4.78, 5) is 26.9. The number of anilines is 1. The molecule has 0 aromatic heterocycles. The van der Waals surface area contributed by atoms with Crippen molar-refractivity contribution in [2.45, 2.75) is 13.0 Å². The summed E-state index contributed by atoms with van der Waals surface area (Å²) in [6.07, 6.45) is 1.82. The number of hydrogen-bond acceptors (Lipinski definition) is 2. The van der Waals surface area contributed by atoms with E-state index >= 15 is 0 Å². The van der Waals surface area contributed by atoms with Crippen LogP contribution in [0.4, 0.5) is 10.1 Å². The average molecular weight is 402 g/mol. The number of rotatable bonds is 8. The Labute approximate surface area is 175 Å². The second-order valence-electron chi connectivity index (χ2n) is 6.82. The van der Waals surface area contributed by atoms with Crippen LogP contribution >= 0.6 is 0 Å². The van der Waals surface area contributed by atoms with Gasteiger partial charge in [-0.25, -0.2) is 4.39 Å². The Morgan fingerprint density at radius 1 is 0.933 bits per heavy atom. The predicted octanol–water partition coefficient (Wildman–Crippen LogP) is 4.52. The van der Waals surface area contributed by atoms with Crippen molar-refractivity contribution in [2.24, 2.45) is 0 Å². The first-order valence-electron chi connectivity index (χ1n) is 9.64. The molecule has 3 aromatic rings. The average Bonchev–Trinajstić information content (AvgIpc) is 2.77. The van der Waals surface area contributed by atoms with Crippen LogP contribution in [0.2, 0.25) is 0 Å². The van der Waals surface area contributed by atoms with Crippen molar-refractivity contribution in [3.8, 4) is 0 Å². The summed E-state index contributed by atoms with van der Waals surface area (Å²) < 4.78 is 13.3. The molecule has 3 aromatic carbocycles. The van der Waals surface area contributed by atoms with E-state index in [-0.39, 0.29) is 30.6 Å². The number of benzene rings is 3. The number of amides is 2. The third kappa shape index (κ3) is 5.64. The van der Waals surface area contributed by atoms with Crippen molar-refractivity contribution in [3.63, 3.8) is 0 Å². The van der Waals surface area contributed by atoms with Gasteiger partial charge in [0.2, 0.25) is 5.91 Å². The quantitative estimate of drug-likeness (QED) is 0.564. The van der Waals surface area contributed by atoms with E-state index in [0.717, 1.165) is 11.1 Å². The number of halogens is 1. The van der Waals surface area contributed by atoms with Crippen LogP contribution in [-0.4, -0.2) is 18.4 Å². The van der Waals surface area contributed by atoms with Crippen molar-refractivity contribution >= 4 is 17.5 Å². The molecule has 3 rings (SSSR count). The zero-order valence-electron chi connectivity index (χ0n) is 16.6. The highest BCUT2D eigenvalue weighted by molar-refractivity contribution is 6.06. The number of nitrogens with zero attached hydrogens (tertiary/aromatic N) is 1. The van der Waals surface area contributed by atoms with Gasteiger partial charge in [-0.15, -0.1) is 6.58 Å². The molecule has 0 unspecified atom stereocenters. The molecule has 0 aliphatic rings. The molecule has 0 atom stereocenters. The van der Waals surface area contributed by atoms with Gasteiger partial charge in [0.15, 0.2) is 0 Å². The maximum atomic E-state index is 13.3. The van der Waals surface area contributed by atoms with Crippen LogP contribution in [0.15, 0.2) is 91.5 Å². The second kappa shape index (κ2) is 10.2. The second-order valence-corrected chi connectivity index (χ2v) is 6.82. The Kier molecular flexibility index (Phi) is 7.11. The summed E-state index contributed by atoms with van der Waals surface area (Å²) in [5, 5.41) is 2.75. The zero-order valence-corrected chi connectivity index (χ0v) is 16.6. The van der Waals surface area contributed by atoms with E-state index < -0.39 is 0 Å². The Morgan fingerprint density at radius 3 is 2.37 bits per heavy atom. The van der Waals surface area contributed by atoms with Crippen LogP contribution in [0.1, 0.15) is 21.5 Å². The van der Waals surface area contributed by atoms with E-state index in [1.165, 1.54) is 12.1 Å². The minimum absolute atomic E-state index is 0.119. The molecule has 1 N–H and O–H groups in total. The lowest BCUT2D eigenvalue weighted by molar-refractivity contribution is -0.120. The predicted molar refractivity (Wildman–Crippen MR) is 117 cm³/mol. The molecular formula is C25H23FN2O2. The van der Waals surface area contributed by atoms with Gasteiger partial charge in [-0.1, -0.05) is 48.5 Å². The summed E-state index contributed by atoms with van der Waals surface area (Å²) in [5.41, 5.74) is 2.81. The van der Waals surface area contributed by atoms with Crippen LogP contribution in [0.5, 0.6) is 0 Å². The van der Waals surface area contributed by atoms with Gasteiger partial charge in [0.05, 0.1) is 13.0 Å². The van der Waals surface area contributed by atoms with Crippen molar-refractivity contribution in [2.75, 3.05) is 11.4 Å². The first kappa shape index (κ1) is 21.0. The fourth-order valence-corrected chi connectivity index (χ4v) is 3.06. The number of carbonyl (C=O) groups is 2. The van der Waals surface area contributed by atoms with Gasteiger partial charge >= 0.3 is 0 Å². The van der Waals surface area contributed by atoms with Crippen molar-refractivity contribution < 1.29 is 14.0 Å². The molecule has 0 heterocycles. The van der Waals surface area contributed by atoms with Crippen LogP contribution in [-0.2, 0) is 17.8 Å². The number of nitrogens with one attached hydrogen (secondary N) is 1. The van der Waals surface area contributed by atoms with E-state index in [4.69, 9.17) is 0 Å². The molecule has 0 bridgehead atoms. The standard InChI is InChI=1S/C25H23FN2O2/c1-2-15-27-24(29)17-20-7-6-10-23(16-20)28(18-19-11-13-22(26)14-12-19)25(30)21-8-4-3-5-9-21/h2-14,16H,1,15,17-18H2,(H,27,29). The Bertz CT molecular complexity index is 1020. The third-order valence-electron chi connectivity index (χ3n) is 4.55. The minimum Gasteiger partial charge on any atom is -0.352 e. The molecule has 4 nitrogen and oxygen atoms in total.